The monoisotopic (exact) mass is 269 g/mol. The van der Waals surface area contributed by atoms with Crippen LogP contribution < -0.4 is 5.32 Å². The lowest BCUT2D eigenvalue weighted by Crippen LogP contribution is -2.40. The van der Waals surface area contributed by atoms with E-state index in [1.165, 1.54) is 28.9 Å². The van der Waals surface area contributed by atoms with Crippen molar-refractivity contribution in [3.63, 3.8) is 0 Å². The molecule has 3 heteroatoms. The maximum atomic E-state index is 4.55. The molecule has 0 saturated heterocycles. The average molecular weight is 269 g/mol. The molecule has 0 aliphatic heterocycles. The summed E-state index contributed by atoms with van der Waals surface area (Å²) in [6.45, 7) is 2.16. The number of aryl methyl sites for hydroxylation is 2. The second-order valence-electron chi connectivity index (χ2n) is 5.71. The summed E-state index contributed by atoms with van der Waals surface area (Å²) in [6, 6.07) is 11.5. The van der Waals surface area contributed by atoms with Gasteiger partial charge in [0.2, 0.25) is 0 Å². The Morgan fingerprint density at radius 2 is 2.20 bits per heavy atom. The van der Waals surface area contributed by atoms with Crippen LogP contribution in [0, 0.1) is 0 Å². The van der Waals surface area contributed by atoms with Crippen LogP contribution in [-0.2, 0) is 26.3 Å². The van der Waals surface area contributed by atoms with Gasteiger partial charge in [-0.2, -0.15) is 5.10 Å². The quantitative estimate of drug-likeness (QED) is 0.903. The molecule has 106 valence electrons. The van der Waals surface area contributed by atoms with Gasteiger partial charge in [-0.15, -0.1) is 0 Å². The van der Waals surface area contributed by atoms with Crippen LogP contribution in [0.5, 0.6) is 0 Å². The molecule has 1 aromatic carbocycles. The zero-order chi connectivity index (χ0) is 14.1. The molecule has 0 saturated carbocycles. The first-order valence-corrected chi connectivity index (χ1v) is 7.49. The fraction of sp³-hybridized carbons (Fsp3) is 0.471. The number of nitrogens with one attached hydrogen (secondary N) is 1. The predicted molar refractivity (Wildman–Crippen MR) is 82.0 cm³/mol. The number of nitrogens with zero attached hydrogens (tertiary/aromatic N) is 2. The lowest BCUT2D eigenvalue weighted by molar-refractivity contribution is 0.414. The van der Waals surface area contributed by atoms with Crippen molar-refractivity contribution in [2.45, 2.75) is 38.1 Å². The van der Waals surface area contributed by atoms with Gasteiger partial charge in [0.05, 0.1) is 5.69 Å². The van der Waals surface area contributed by atoms with Gasteiger partial charge < -0.3 is 5.32 Å². The Morgan fingerprint density at radius 3 is 2.85 bits per heavy atom. The normalized spacial score (nSPS) is 18.4. The van der Waals surface area contributed by atoms with E-state index in [9.17, 15) is 0 Å². The van der Waals surface area contributed by atoms with Crippen LogP contribution in [0.2, 0.25) is 0 Å². The van der Waals surface area contributed by atoms with Crippen molar-refractivity contribution in [1.82, 2.24) is 15.1 Å². The molecule has 1 aliphatic carbocycles. The first-order chi connectivity index (χ1) is 9.72. The first kappa shape index (κ1) is 13.4. The summed E-state index contributed by atoms with van der Waals surface area (Å²) in [7, 11) is 4.12. The maximum Gasteiger partial charge on any atom is 0.0624 e. The van der Waals surface area contributed by atoms with E-state index in [2.05, 4.69) is 61.8 Å². The van der Waals surface area contributed by atoms with Gasteiger partial charge in [-0.3, -0.25) is 4.68 Å². The van der Waals surface area contributed by atoms with Crippen LogP contribution in [0.25, 0.3) is 0 Å². The third-order valence-corrected chi connectivity index (χ3v) is 4.57. The molecular formula is C17H23N3. The summed E-state index contributed by atoms with van der Waals surface area (Å²) in [5.41, 5.74) is 5.54. The standard InChI is InChI=1S/C17H23N3/c1-4-13-10-14(20(3)19-13)11-17(18-2)16-9-12-7-5-6-8-15(12)16/h5-8,10,16-18H,4,9,11H2,1-3H3. The molecule has 2 unspecified atom stereocenters. The van der Waals surface area contributed by atoms with Crippen LogP contribution in [0.1, 0.15) is 35.4 Å². The van der Waals surface area contributed by atoms with Gasteiger partial charge in [0.25, 0.3) is 0 Å². The zero-order valence-corrected chi connectivity index (χ0v) is 12.6. The largest absolute Gasteiger partial charge is 0.316 e. The number of benzene rings is 1. The number of likely N-dealkylation sites (N-methyl/N-ethyl adjacent to an activating group) is 1. The van der Waals surface area contributed by atoms with Gasteiger partial charge in [-0.1, -0.05) is 31.2 Å². The van der Waals surface area contributed by atoms with E-state index in [1.54, 1.807) is 0 Å². The van der Waals surface area contributed by atoms with Crippen molar-refractivity contribution >= 4 is 0 Å². The Labute approximate surface area is 121 Å². The minimum absolute atomic E-state index is 0.491. The molecule has 0 fully saturated rings. The molecule has 2 atom stereocenters. The van der Waals surface area contributed by atoms with Gasteiger partial charge in [0, 0.05) is 31.1 Å². The highest BCUT2D eigenvalue weighted by molar-refractivity contribution is 5.41. The van der Waals surface area contributed by atoms with E-state index in [-0.39, 0.29) is 0 Å². The summed E-state index contributed by atoms with van der Waals surface area (Å²) in [4.78, 5) is 0. The number of rotatable bonds is 5. The Hall–Kier alpha value is -1.61. The Kier molecular flexibility index (Phi) is 3.62. The molecular weight excluding hydrogens is 246 g/mol. The van der Waals surface area contributed by atoms with Crippen LogP contribution in [0.4, 0.5) is 0 Å². The highest BCUT2D eigenvalue weighted by Crippen LogP contribution is 2.38. The SMILES string of the molecule is CCc1cc(CC(NC)C2Cc3ccccc32)n(C)n1. The van der Waals surface area contributed by atoms with Gasteiger partial charge in [0.1, 0.15) is 0 Å². The molecule has 0 spiro atoms. The van der Waals surface area contributed by atoms with Gasteiger partial charge in [-0.05, 0) is 37.1 Å². The van der Waals surface area contributed by atoms with Gasteiger partial charge >= 0.3 is 0 Å². The molecule has 2 aromatic rings. The Morgan fingerprint density at radius 1 is 1.40 bits per heavy atom. The molecule has 1 heterocycles. The minimum Gasteiger partial charge on any atom is -0.316 e. The van der Waals surface area contributed by atoms with E-state index in [1.807, 2.05) is 4.68 Å². The second kappa shape index (κ2) is 5.41. The number of hydrogen-bond donors (Lipinski definition) is 1. The number of aromatic nitrogens is 2. The summed E-state index contributed by atoms with van der Waals surface area (Å²) in [5.74, 6) is 0.635. The molecule has 20 heavy (non-hydrogen) atoms. The summed E-state index contributed by atoms with van der Waals surface area (Å²) >= 11 is 0. The third-order valence-electron chi connectivity index (χ3n) is 4.57. The van der Waals surface area contributed by atoms with Crippen molar-refractivity contribution in [3.05, 3.63) is 52.8 Å². The third kappa shape index (κ3) is 2.27. The van der Waals surface area contributed by atoms with Crippen LogP contribution in [0.15, 0.2) is 30.3 Å². The summed E-state index contributed by atoms with van der Waals surface area (Å²) in [6.07, 6.45) is 3.24. The van der Waals surface area contributed by atoms with Crippen LogP contribution in [0.3, 0.4) is 0 Å². The summed E-state index contributed by atoms with van der Waals surface area (Å²) in [5, 5.41) is 8.06. The van der Waals surface area contributed by atoms with Crippen molar-refractivity contribution in [2.75, 3.05) is 7.05 Å². The maximum absolute atomic E-state index is 4.55. The average Bonchev–Trinajstić information content (AvgIpc) is 2.79. The van der Waals surface area contributed by atoms with E-state index < -0.39 is 0 Å². The van der Waals surface area contributed by atoms with Crippen LogP contribution >= 0.6 is 0 Å². The zero-order valence-electron chi connectivity index (χ0n) is 12.6. The molecule has 1 N–H and O–H groups in total. The van der Waals surface area contributed by atoms with Crippen molar-refractivity contribution in [1.29, 1.82) is 0 Å². The second-order valence-corrected chi connectivity index (χ2v) is 5.71. The van der Waals surface area contributed by atoms with E-state index in [4.69, 9.17) is 0 Å². The lowest BCUT2D eigenvalue weighted by Gasteiger charge is -2.36. The van der Waals surface area contributed by atoms with Crippen molar-refractivity contribution < 1.29 is 0 Å². The Balaban J connectivity index is 1.77. The molecule has 3 nitrogen and oxygen atoms in total. The van der Waals surface area contributed by atoms with Crippen molar-refractivity contribution in [2.24, 2.45) is 7.05 Å². The van der Waals surface area contributed by atoms with Gasteiger partial charge in [-0.25, -0.2) is 0 Å². The first-order valence-electron chi connectivity index (χ1n) is 7.49. The number of hydrogen-bond acceptors (Lipinski definition) is 2. The van der Waals surface area contributed by atoms with E-state index in [0.29, 0.717) is 12.0 Å². The fourth-order valence-electron chi connectivity index (χ4n) is 3.26. The van der Waals surface area contributed by atoms with Crippen LogP contribution in [-0.4, -0.2) is 22.9 Å². The molecule has 0 bridgehead atoms. The van der Waals surface area contributed by atoms with E-state index in [0.717, 1.165) is 12.8 Å². The lowest BCUT2D eigenvalue weighted by atomic mass is 9.72. The highest BCUT2D eigenvalue weighted by Gasteiger charge is 2.32. The molecule has 1 aromatic heterocycles. The minimum atomic E-state index is 0.491. The van der Waals surface area contributed by atoms with Crippen molar-refractivity contribution in [3.8, 4) is 0 Å². The van der Waals surface area contributed by atoms with E-state index >= 15 is 0 Å². The predicted octanol–water partition coefficient (Wildman–Crippen LogP) is 2.45. The smallest absolute Gasteiger partial charge is 0.0624 e. The topological polar surface area (TPSA) is 29.9 Å². The fourth-order valence-corrected chi connectivity index (χ4v) is 3.26. The Bertz CT molecular complexity index is 600. The number of fused-ring (bicyclic) bond motifs is 1. The molecule has 0 amide bonds. The summed E-state index contributed by atoms with van der Waals surface area (Å²) < 4.78 is 2.04. The van der Waals surface area contributed by atoms with Gasteiger partial charge in [0.15, 0.2) is 0 Å². The molecule has 3 rings (SSSR count). The molecule has 1 aliphatic rings. The highest BCUT2D eigenvalue weighted by atomic mass is 15.3. The molecule has 0 radical (unpaired) electrons.